The van der Waals surface area contributed by atoms with Crippen LogP contribution in [-0.2, 0) is 6.54 Å². The van der Waals surface area contributed by atoms with Crippen molar-refractivity contribution < 1.29 is 23.4 Å². The number of rotatable bonds is 4. The molecular formula is C9H10F2N2O3. The zero-order chi connectivity index (χ0) is 12.3. The summed E-state index contributed by atoms with van der Waals surface area (Å²) in [5, 5.41) is 8.72. The fourth-order valence-corrected chi connectivity index (χ4v) is 1.31. The van der Waals surface area contributed by atoms with Crippen LogP contribution >= 0.6 is 0 Å². The first kappa shape index (κ1) is 12.3. The molecule has 1 heterocycles. The number of methoxy groups -OCH3 is 1. The zero-order valence-electron chi connectivity index (χ0n) is 8.41. The number of ether oxygens (including phenoxy) is 1. The molecule has 0 fully saturated rings. The van der Waals surface area contributed by atoms with E-state index in [4.69, 9.17) is 15.6 Å². The van der Waals surface area contributed by atoms with Crippen LogP contribution in [0, 0.1) is 0 Å². The third kappa shape index (κ3) is 2.08. The van der Waals surface area contributed by atoms with E-state index in [0.29, 0.717) is 0 Å². The lowest BCUT2D eigenvalue weighted by Crippen LogP contribution is -2.11. The van der Waals surface area contributed by atoms with Gasteiger partial charge < -0.3 is 15.6 Å². The summed E-state index contributed by atoms with van der Waals surface area (Å²) in [7, 11) is 1.17. The molecule has 0 aliphatic heterocycles. The molecule has 16 heavy (non-hydrogen) atoms. The molecule has 0 aliphatic rings. The van der Waals surface area contributed by atoms with Crippen molar-refractivity contribution in [1.82, 2.24) is 4.98 Å². The summed E-state index contributed by atoms with van der Waals surface area (Å²) < 4.78 is 30.2. The van der Waals surface area contributed by atoms with Crippen LogP contribution in [-0.4, -0.2) is 23.2 Å². The maximum absolute atomic E-state index is 12.7. The Hall–Kier alpha value is -1.76. The number of nitrogens with two attached hydrogens (primary N) is 1. The highest BCUT2D eigenvalue weighted by Gasteiger charge is 2.26. The molecule has 0 radical (unpaired) electrons. The van der Waals surface area contributed by atoms with Crippen molar-refractivity contribution in [1.29, 1.82) is 0 Å². The third-order valence-electron chi connectivity index (χ3n) is 1.99. The highest BCUT2D eigenvalue weighted by Crippen LogP contribution is 2.33. The molecular weight excluding hydrogens is 222 g/mol. The molecule has 0 aliphatic carbocycles. The van der Waals surface area contributed by atoms with Crippen molar-refractivity contribution >= 4 is 5.97 Å². The number of aromatic carboxylic acids is 1. The second kappa shape index (κ2) is 4.84. The largest absolute Gasteiger partial charge is 0.496 e. The maximum Gasteiger partial charge on any atom is 0.355 e. The number of carboxylic acid groups (broad SMARTS) is 1. The highest BCUT2D eigenvalue weighted by molar-refractivity contribution is 5.88. The smallest absolute Gasteiger partial charge is 0.355 e. The molecule has 1 aromatic rings. The molecule has 3 N–H and O–H groups in total. The van der Waals surface area contributed by atoms with Crippen LogP contribution < -0.4 is 10.5 Å². The molecule has 0 saturated heterocycles. The Morgan fingerprint density at radius 2 is 2.31 bits per heavy atom. The molecule has 0 bridgehead atoms. The van der Waals surface area contributed by atoms with E-state index in [-0.39, 0.29) is 17.9 Å². The molecule has 0 atom stereocenters. The van der Waals surface area contributed by atoms with Crippen molar-refractivity contribution in [2.24, 2.45) is 5.73 Å². The van der Waals surface area contributed by atoms with Gasteiger partial charge in [0.05, 0.1) is 12.7 Å². The highest BCUT2D eigenvalue weighted by atomic mass is 19.3. The topological polar surface area (TPSA) is 85.4 Å². The van der Waals surface area contributed by atoms with Crippen molar-refractivity contribution in [2.45, 2.75) is 13.0 Å². The number of nitrogens with zero attached hydrogens (tertiary/aromatic N) is 1. The van der Waals surface area contributed by atoms with Gasteiger partial charge in [-0.25, -0.2) is 18.6 Å². The molecule has 0 aromatic carbocycles. The minimum atomic E-state index is -2.99. The minimum Gasteiger partial charge on any atom is -0.496 e. The predicted molar refractivity (Wildman–Crippen MR) is 50.6 cm³/mol. The Kier molecular flexibility index (Phi) is 3.73. The molecule has 0 spiro atoms. The normalized spacial score (nSPS) is 10.6. The Morgan fingerprint density at radius 1 is 1.69 bits per heavy atom. The van der Waals surface area contributed by atoms with Gasteiger partial charge in [-0.3, -0.25) is 0 Å². The van der Waals surface area contributed by atoms with Crippen LogP contribution in [0.15, 0.2) is 6.20 Å². The van der Waals surface area contributed by atoms with Gasteiger partial charge >= 0.3 is 5.97 Å². The van der Waals surface area contributed by atoms with Gasteiger partial charge in [0.2, 0.25) is 0 Å². The van der Waals surface area contributed by atoms with Gasteiger partial charge in [-0.15, -0.1) is 0 Å². The van der Waals surface area contributed by atoms with Crippen LogP contribution in [0.2, 0.25) is 0 Å². The van der Waals surface area contributed by atoms with Gasteiger partial charge in [0.15, 0.2) is 5.69 Å². The van der Waals surface area contributed by atoms with Crippen molar-refractivity contribution in [2.75, 3.05) is 7.11 Å². The Morgan fingerprint density at radius 3 is 2.69 bits per heavy atom. The van der Waals surface area contributed by atoms with Crippen LogP contribution in [0.4, 0.5) is 8.78 Å². The number of pyridine rings is 1. The second-order valence-corrected chi connectivity index (χ2v) is 2.89. The summed E-state index contributed by atoms with van der Waals surface area (Å²) in [4.78, 5) is 14.2. The average molecular weight is 232 g/mol. The molecule has 0 amide bonds. The minimum absolute atomic E-state index is 0.0597. The molecule has 1 aromatic heterocycles. The van der Waals surface area contributed by atoms with E-state index in [2.05, 4.69) is 4.98 Å². The van der Waals surface area contributed by atoms with Crippen LogP contribution in [0.1, 0.15) is 28.0 Å². The summed E-state index contributed by atoms with van der Waals surface area (Å²) in [6.45, 7) is -0.0597. The van der Waals surface area contributed by atoms with E-state index >= 15 is 0 Å². The van der Waals surface area contributed by atoms with E-state index in [1.54, 1.807) is 0 Å². The van der Waals surface area contributed by atoms with E-state index in [0.717, 1.165) is 6.20 Å². The number of alkyl halides is 2. The summed E-state index contributed by atoms with van der Waals surface area (Å²) in [5.41, 5.74) is 4.09. The fraction of sp³-hybridized carbons (Fsp3) is 0.333. The quantitative estimate of drug-likeness (QED) is 0.814. The number of halogens is 2. The Labute approximate surface area is 89.9 Å². The van der Waals surface area contributed by atoms with Crippen LogP contribution in [0.5, 0.6) is 5.75 Å². The number of carboxylic acids is 1. The standard InChI is InChI=1S/C9H10F2N2O3/c1-16-7-4(2-12)3-13-6(9(14)15)5(7)8(10)11/h3,8H,2,12H2,1H3,(H,14,15). The summed E-state index contributed by atoms with van der Waals surface area (Å²) in [5.74, 6) is -1.75. The van der Waals surface area contributed by atoms with Crippen LogP contribution in [0.3, 0.4) is 0 Å². The first-order chi connectivity index (χ1) is 7.52. The van der Waals surface area contributed by atoms with Gasteiger partial charge in [0.25, 0.3) is 6.43 Å². The number of hydrogen-bond donors (Lipinski definition) is 2. The maximum atomic E-state index is 12.7. The number of hydrogen-bond acceptors (Lipinski definition) is 4. The molecule has 0 saturated carbocycles. The van der Waals surface area contributed by atoms with Gasteiger partial charge in [0.1, 0.15) is 5.75 Å². The van der Waals surface area contributed by atoms with Crippen molar-refractivity contribution in [3.05, 3.63) is 23.0 Å². The van der Waals surface area contributed by atoms with Gasteiger partial charge in [-0.2, -0.15) is 0 Å². The number of aromatic nitrogens is 1. The third-order valence-corrected chi connectivity index (χ3v) is 1.99. The summed E-state index contributed by atoms with van der Waals surface area (Å²) in [6.07, 6.45) is -1.87. The van der Waals surface area contributed by atoms with E-state index < -0.39 is 23.7 Å². The molecule has 5 nitrogen and oxygen atoms in total. The SMILES string of the molecule is COc1c(CN)cnc(C(=O)O)c1C(F)F. The van der Waals surface area contributed by atoms with E-state index in [9.17, 15) is 13.6 Å². The van der Waals surface area contributed by atoms with Gasteiger partial charge in [-0.05, 0) is 0 Å². The van der Waals surface area contributed by atoms with Crippen molar-refractivity contribution in [3.8, 4) is 5.75 Å². The molecule has 1 rings (SSSR count). The molecule has 7 heteroatoms. The van der Waals surface area contributed by atoms with E-state index in [1.165, 1.54) is 7.11 Å². The first-order valence-corrected chi connectivity index (χ1v) is 4.30. The molecule has 0 unspecified atom stereocenters. The first-order valence-electron chi connectivity index (χ1n) is 4.30. The fourth-order valence-electron chi connectivity index (χ4n) is 1.31. The molecule has 88 valence electrons. The Bertz CT molecular complexity index is 410. The predicted octanol–water partition coefficient (Wildman–Crippen LogP) is 1.18. The van der Waals surface area contributed by atoms with E-state index in [1.807, 2.05) is 0 Å². The monoisotopic (exact) mass is 232 g/mol. The lowest BCUT2D eigenvalue weighted by atomic mass is 10.1. The van der Waals surface area contributed by atoms with Crippen molar-refractivity contribution in [3.63, 3.8) is 0 Å². The second-order valence-electron chi connectivity index (χ2n) is 2.89. The summed E-state index contributed by atoms with van der Waals surface area (Å²) >= 11 is 0. The lowest BCUT2D eigenvalue weighted by molar-refractivity contribution is 0.0675. The average Bonchev–Trinajstić information content (AvgIpc) is 2.26. The van der Waals surface area contributed by atoms with Gasteiger partial charge in [-0.1, -0.05) is 0 Å². The zero-order valence-corrected chi connectivity index (χ0v) is 8.41. The van der Waals surface area contributed by atoms with Gasteiger partial charge in [0, 0.05) is 18.3 Å². The number of carbonyl (C=O) groups is 1. The Balaban J connectivity index is 3.50. The summed E-state index contributed by atoms with van der Waals surface area (Å²) in [6, 6.07) is 0. The lowest BCUT2D eigenvalue weighted by Gasteiger charge is -2.13. The van der Waals surface area contributed by atoms with Crippen LogP contribution in [0.25, 0.3) is 0 Å².